The Balaban J connectivity index is 0.000000556. The fourth-order valence-corrected chi connectivity index (χ4v) is 3.97. The third kappa shape index (κ3) is 7.05. The van der Waals surface area contributed by atoms with Gasteiger partial charge in [-0.05, 0) is 55.0 Å². The number of nitrogens with zero attached hydrogens (tertiary/aromatic N) is 3. The van der Waals surface area contributed by atoms with E-state index < -0.39 is 11.9 Å². The van der Waals surface area contributed by atoms with Gasteiger partial charge in [-0.1, -0.05) is 30.3 Å². The first-order valence-corrected chi connectivity index (χ1v) is 22.0. The first kappa shape index (κ1) is 27.0. The molecule has 3 aromatic carbocycles. The molecule has 0 N–H and O–H groups in total. The number of aromatic nitrogens is 3. The Bertz CT molecular complexity index is 1490. The molecule has 0 saturated heterocycles. The molecule has 0 radical (unpaired) electrons. The number of Topliss-reactive ketones (excluding diaryl/α,β-unsaturated/α-hetero) is 1. The van der Waals surface area contributed by atoms with E-state index in [9.17, 15) is 9.18 Å². The van der Waals surface area contributed by atoms with Gasteiger partial charge in [0, 0.05) is 35.7 Å². The molecule has 0 aliphatic carbocycles. The van der Waals surface area contributed by atoms with Crippen LogP contribution in [0.15, 0.2) is 85.1 Å². The van der Waals surface area contributed by atoms with Crippen LogP contribution in [-0.2, 0) is 18.4 Å². The fourth-order valence-electron chi connectivity index (χ4n) is 3.97. The van der Waals surface area contributed by atoms with Gasteiger partial charge in [0.15, 0.2) is 5.78 Å². The van der Waals surface area contributed by atoms with E-state index in [0.29, 0.717) is 24.9 Å². The van der Waals surface area contributed by atoms with Crippen LogP contribution in [0.5, 0.6) is 0 Å². The van der Waals surface area contributed by atoms with Gasteiger partial charge in [-0.3, -0.25) is 9.78 Å². The number of imidazole rings is 1. The Hall–Kier alpha value is -2.01. The van der Waals surface area contributed by atoms with E-state index in [1.54, 1.807) is 6.20 Å². The molecular weight excluding hydrogens is 726 g/mol. The Morgan fingerprint density at radius 2 is 1.58 bits per heavy atom. The van der Waals surface area contributed by atoms with Gasteiger partial charge in [0.1, 0.15) is 11.6 Å². The summed E-state index contributed by atoms with van der Waals surface area (Å²) in [7, 11) is 20.0. The molecule has 0 saturated carbocycles. The van der Waals surface area contributed by atoms with Crippen LogP contribution < -0.4 is 0 Å². The summed E-state index contributed by atoms with van der Waals surface area (Å²) in [5, 5.41) is 1.06. The van der Waals surface area contributed by atoms with Crippen LogP contribution in [0.2, 0.25) is 0 Å². The van der Waals surface area contributed by atoms with Crippen molar-refractivity contribution in [2.24, 2.45) is 0 Å². The summed E-state index contributed by atoms with van der Waals surface area (Å²) < 4.78 is 15.3. The van der Waals surface area contributed by atoms with Gasteiger partial charge in [-0.15, -0.1) is 0 Å². The van der Waals surface area contributed by atoms with Crippen molar-refractivity contribution in [3.63, 3.8) is 0 Å². The van der Waals surface area contributed by atoms with Gasteiger partial charge in [0.05, 0.1) is 16.6 Å². The molecule has 10 heteroatoms. The number of benzene rings is 3. The molecular formula is C26H20Cl4FN3OPt. The minimum absolute atomic E-state index is 0.0119. The van der Waals surface area contributed by atoms with Crippen molar-refractivity contribution in [3.05, 3.63) is 96.4 Å². The van der Waals surface area contributed by atoms with Crippen LogP contribution in [0.1, 0.15) is 23.2 Å². The average Bonchev–Trinajstić information content (AvgIpc) is 3.21. The van der Waals surface area contributed by atoms with E-state index in [4.69, 9.17) is 42.7 Å². The Kier molecular flexibility index (Phi) is 9.03. The van der Waals surface area contributed by atoms with Gasteiger partial charge < -0.3 is 4.57 Å². The summed E-state index contributed by atoms with van der Waals surface area (Å²) >= 11 is -3.06. The zero-order chi connectivity index (χ0) is 25.7. The van der Waals surface area contributed by atoms with Gasteiger partial charge >= 0.3 is 49.6 Å². The summed E-state index contributed by atoms with van der Waals surface area (Å²) in [6, 6.07) is 23.8. The number of aryl methyl sites for hydroxylation is 1. The Morgan fingerprint density at radius 3 is 2.33 bits per heavy atom. The van der Waals surface area contributed by atoms with Gasteiger partial charge in [0.2, 0.25) is 0 Å². The van der Waals surface area contributed by atoms with Crippen LogP contribution in [0.3, 0.4) is 0 Å². The normalized spacial score (nSPS) is 11.8. The molecule has 0 aliphatic heterocycles. The number of ketones is 1. The zero-order valence-electron chi connectivity index (χ0n) is 18.7. The minimum atomic E-state index is -3.06. The molecule has 0 unspecified atom stereocenters. The summed E-state index contributed by atoms with van der Waals surface area (Å²) in [5.74, 6) is 0.521. The number of rotatable bonds is 6. The molecule has 36 heavy (non-hydrogen) atoms. The molecule has 0 fully saturated rings. The first-order valence-electron chi connectivity index (χ1n) is 10.8. The van der Waals surface area contributed by atoms with E-state index >= 15 is 0 Å². The Labute approximate surface area is 226 Å². The quantitative estimate of drug-likeness (QED) is 0.163. The average molecular weight is 746 g/mol. The molecule has 4 nitrogen and oxygen atoms in total. The Morgan fingerprint density at radius 1 is 0.889 bits per heavy atom. The molecule has 0 aliphatic rings. The molecule has 0 atom stereocenters. The maximum absolute atomic E-state index is 13.1. The summed E-state index contributed by atoms with van der Waals surface area (Å²) in [6.07, 6.45) is 2.83. The van der Waals surface area contributed by atoms with Crippen molar-refractivity contribution in [1.29, 1.82) is 0 Å². The monoisotopic (exact) mass is 744 g/mol. The van der Waals surface area contributed by atoms with Crippen LogP contribution in [0, 0.1) is 5.82 Å². The van der Waals surface area contributed by atoms with Gasteiger partial charge in [0.25, 0.3) is 0 Å². The van der Waals surface area contributed by atoms with E-state index in [2.05, 4.69) is 9.55 Å². The molecule has 2 heterocycles. The van der Waals surface area contributed by atoms with Crippen molar-refractivity contribution in [3.8, 4) is 11.4 Å². The van der Waals surface area contributed by atoms with Gasteiger partial charge in [-0.2, -0.15) is 0 Å². The third-order valence-corrected chi connectivity index (χ3v) is 5.48. The number of halogens is 5. The van der Waals surface area contributed by atoms with E-state index in [1.807, 2.05) is 54.6 Å². The number of hydrogen-bond acceptors (Lipinski definition) is 3. The SMILES string of the molecule is O=C(CCCn1c(-c2cccc3cccnc23)nc2ccccc21)c1ccc(F)cc1.[Cl][Pt]([Cl])([Cl])[Cl]. The second-order valence-electron chi connectivity index (χ2n) is 7.76. The van der Waals surface area contributed by atoms with Crippen LogP contribution >= 0.6 is 37.7 Å². The third-order valence-electron chi connectivity index (χ3n) is 5.48. The second-order valence-corrected chi connectivity index (χ2v) is 27.5. The number of hydrogen-bond donors (Lipinski definition) is 0. The van der Waals surface area contributed by atoms with Crippen LogP contribution in [0.4, 0.5) is 4.39 Å². The van der Waals surface area contributed by atoms with Crippen molar-refractivity contribution in [1.82, 2.24) is 14.5 Å². The molecule has 5 rings (SSSR count). The maximum atomic E-state index is 13.1. The molecule has 0 amide bonds. The van der Waals surface area contributed by atoms with E-state index in [0.717, 1.165) is 33.3 Å². The van der Waals surface area contributed by atoms with Crippen molar-refractivity contribution in [2.45, 2.75) is 19.4 Å². The summed E-state index contributed by atoms with van der Waals surface area (Å²) in [5.41, 5.74) is 4.36. The topological polar surface area (TPSA) is 47.8 Å². The fraction of sp³-hybridized carbons (Fsp3) is 0.115. The number of carbonyl (C=O) groups excluding carboxylic acids is 1. The van der Waals surface area contributed by atoms with E-state index in [1.165, 1.54) is 24.3 Å². The number of para-hydroxylation sites is 3. The molecule has 0 bridgehead atoms. The second kappa shape index (κ2) is 12.0. The number of pyridine rings is 1. The zero-order valence-corrected chi connectivity index (χ0v) is 24.0. The predicted octanol–water partition coefficient (Wildman–Crippen LogP) is 8.81. The summed E-state index contributed by atoms with van der Waals surface area (Å²) in [4.78, 5) is 22.0. The number of carbonyl (C=O) groups is 1. The molecule has 5 aromatic rings. The van der Waals surface area contributed by atoms with Gasteiger partial charge in [-0.25, -0.2) is 9.37 Å². The number of fused-ring (bicyclic) bond motifs is 2. The van der Waals surface area contributed by atoms with Crippen LogP contribution in [-0.4, -0.2) is 20.3 Å². The van der Waals surface area contributed by atoms with Crippen LogP contribution in [0.25, 0.3) is 33.3 Å². The predicted molar refractivity (Wildman–Crippen MR) is 144 cm³/mol. The molecule has 2 aromatic heterocycles. The van der Waals surface area contributed by atoms with Crippen molar-refractivity contribution >= 4 is 65.4 Å². The molecule has 190 valence electrons. The van der Waals surface area contributed by atoms with E-state index in [-0.39, 0.29) is 11.6 Å². The standard InChI is InChI=1S/C26H20FN3O.4ClH.Pt/c27-20-14-12-18(13-15-20)24(31)11-5-17-30-23-10-2-1-9-22(23)29-26(30)21-8-3-6-19-7-4-16-28-25(19)21;;;;;/h1-4,6-10,12-16H,5,11,17H2;4*1H;/q;;;;;+4/p-4. The summed E-state index contributed by atoms with van der Waals surface area (Å²) in [6.45, 7) is 0.645. The van der Waals surface area contributed by atoms with Crippen molar-refractivity contribution < 1.29 is 21.1 Å². The van der Waals surface area contributed by atoms with Crippen molar-refractivity contribution in [2.75, 3.05) is 0 Å². The molecule has 0 spiro atoms. The first-order chi connectivity index (χ1) is 17.2.